The summed E-state index contributed by atoms with van der Waals surface area (Å²) < 4.78 is 10.2. The van der Waals surface area contributed by atoms with Gasteiger partial charge in [0, 0.05) is 12.0 Å². The Morgan fingerprint density at radius 2 is 2.09 bits per heavy atom. The fourth-order valence-corrected chi connectivity index (χ4v) is 1.87. The van der Waals surface area contributed by atoms with Crippen LogP contribution in [0, 0.1) is 0 Å². The minimum absolute atomic E-state index is 0.198. The Morgan fingerprint density at radius 1 is 1.43 bits per heavy atom. The maximum absolute atomic E-state index is 12.0. The molecule has 0 aromatic heterocycles. The first-order valence-electron chi connectivity index (χ1n) is 7.47. The average molecular weight is 320 g/mol. The van der Waals surface area contributed by atoms with Crippen molar-refractivity contribution in [3.8, 4) is 0 Å². The maximum atomic E-state index is 12.0. The molecule has 0 aliphatic carbocycles. The summed E-state index contributed by atoms with van der Waals surface area (Å²) in [4.78, 5) is 28.2. The summed E-state index contributed by atoms with van der Waals surface area (Å²) in [7, 11) is 0. The van der Waals surface area contributed by atoms with Gasteiger partial charge in [0.05, 0.1) is 12.3 Å². The highest BCUT2D eigenvalue weighted by atomic mass is 16.6. The lowest BCUT2D eigenvalue weighted by Crippen LogP contribution is -2.35. The number of ether oxygens (including phenoxy) is 2. The number of aliphatic imine (C=N–C) groups is 1. The van der Waals surface area contributed by atoms with E-state index in [1.165, 1.54) is 6.08 Å². The molecule has 0 unspecified atom stereocenters. The third-order valence-corrected chi connectivity index (χ3v) is 2.83. The number of amidine groups is 1. The molecule has 1 amide bonds. The van der Waals surface area contributed by atoms with Crippen molar-refractivity contribution in [2.75, 3.05) is 6.61 Å². The van der Waals surface area contributed by atoms with Crippen LogP contribution >= 0.6 is 0 Å². The van der Waals surface area contributed by atoms with Crippen molar-refractivity contribution >= 4 is 17.9 Å². The highest BCUT2D eigenvalue weighted by molar-refractivity contribution is 6.07. The summed E-state index contributed by atoms with van der Waals surface area (Å²) in [6.45, 7) is 13.0. The Balaban J connectivity index is 3.05. The zero-order valence-electron chi connectivity index (χ0n) is 14.4. The van der Waals surface area contributed by atoms with Gasteiger partial charge in [0.1, 0.15) is 11.4 Å². The van der Waals surface area contributed by atoms with Crippen LogP contribution in [0.15, 0.2) is 40.6 Å². The second-order valence-corrected chi connectivity index (χ2v) is 5.95. The molecule has 1 heterocycles. The van der Waals surface area contributed by atoms with Crippen molar-refractivity contribution in [2.45, 2.75) is 46.6 Å². The number of alkyl carbamates (subject to hydrolysis) is 1. The van der Waals surface area contributed by atoms with Gasteiger partial charge in [-0.15, -0.1) is 0 Å². The molecule has 1 aliphatic rings. The average Bonchev–Trinajstić information content (AvgIpc) is 2.55. The molecule has 0 radical (unpaired) electrons. The van der Waals surface area contributed by atoms with Gasteiger partial charge in [-0.1, -0.05) is 12.7 Å². The van der Waals surface area contributed by atoms with Crippen LogP contribution in [-0.4, -0.2) is 30.1 Å². The van der Waals surface area contributed by atoms with Gasteiger partial charge in [-0.3, -0.25) is 5.32 Å². The molecule has 126 valence electrons. The number of allylic oxidation sites excluding steroid dienone is 2. The lowest BCUT2D eigenvalue weighted by Gasteiger charge is -2.19. The minimum Gasteiger partial charge on any atom is -0.463 e. The van der Waals surface area contributed by atoms with Gasteiger partial charge in [-0.25, -0.2) is 14.6 Å². The minimum atomic E-state index is -0.646. The molecule has 6 heteroatoms. The number of nitrogens with one attached hydrogen (secondary N) is 1. The molecule has 0 bridgehead atoms. The van der Waals surface area contributed by atoms with E-state index in [0.29, 0.717) is 17.7 Å². The fraction of sp³-hybridized carbons (Fsp3) is 0.471. The molecule has 0 saturated heterocycles. The van der Waals surface area contributed by atoms with E-state index in [9.17, 15) is 9.59 Å². The molecular formula is C17H24N2O4. The molecule has 0 spiro atoms. The van der Waals surface area contributed by atoms with Crippen LogP contribution in [-0.2, 0) is 14.3 Å². The largest absolute Gasteiger partial charge is 0.463 e. The van der Waals surface area contributed by atoms with Crippen molar-refractivity contribution in [1.82, 2.24) is 5.32 Å². The molecule has 0 fully saturated rings. The SMILES string of the molecule is C=C1N=C(NC(=O)OC(C)(C)C)C=C(C(=O)OCC)C/C1=C/C. The summed E-state index contributed by atoms with van der Waals surface area (Å²) in [6, 6.07) is 0. The number of carbonyl (C=O) groups is 2. The number of rotatable bonds is 2. The van der Waals surface area contributed by atoms with Crippen molar-refractivity contribution in [3.63, 3.8) is 0 Å². The Hall–Kier alpha value is -2.37. The van der Waals surface area contributed by atoms with Gasteiger partial charge >= 0.3 is 12.1 Å². The number of nitrogens with zero attached hydrogens (tertiary/aromatic N) is 1. The molecule has 0 aromatic rings. The van der Waals surface area contributed by atoms with Crippen molar-refractivity contribution in [3.05, 3.63) is 35.6 Å². The highest BCUT2D eigenvalue weighted by Gasteiger charge is 2.21. The summed E-state index contributed by atoms with van der Waals surface area (Å²) in [5.74, 6) is -0.246. The van der Waals surface area contributed by atoms with E-state index in [0.717, 1.165) is 5.57 Å². The predicted molar refractivity (Wildman–Crippen MR) is 89.0 cm³/mol. The van der Waals surface area contributed by atoms with Crippen molar-refractivity contribution < 1.29 is 19.1 Å². The zero-order chi connectivity index (χ0) is 17.6. The number of carbonyl (C=O) groups excluding carboxylic acids is 2. The van der Waals surface area contributed by atoms with Gasteiger partial charge in [-0.05, 0) is 46.3 Å². The summed E-state index contributed by atoms with van der Waals surface area (Å²) >= 11 is 0. The number of hydrogen-bond donors (Lipinski definition) is 1. The first-order valence-corrected chi connectivity index (χ1v) is 7.47. The van der Waals surface area contributed by atoms with Crippen LogP contribution in [0.1, 0.15) is 41.0 Å². The molecule has 1 rings (SSSR count). The third kappa shape index (κ3) is 6.10. The molecule has 0 saturated carbocycles. The van der Waals surface area contributed by atoms with Crippen LogP contribution in [0.4, 0.5) is 4.79 Å². The number of amides is 1. The third-order valence-electron chi connectivity index (χ3n) is 2.83. The van der Waals surface area contributed by atoms with Gasteiger partial charge < -0.3 is 9.47 Å². The van der Waals surface area contributed by atoms with Crippen LogP contribution in [0.25, 0.3) is 0 Å². The fourth-order valence-electron chi connectivity index (χ4n) is 1.87. The van der Waals surface area contributed by atoms with E-state index in [2.05, 4.69) is 16.9 Å². The van der Waals surface area contributed by atoms with Crippen LogP contribution in [0.5, 0.6) is 0 Å². The Bertz CT molecular complexity index is 592. The summed E-state index contributed by atoms with van der Waals surface area (Å²) in [6.07, 6.45) is 3.02. The Morgan fingerprint density at radius 3 is 2.61 bits per heavy atom. The van der Waals surface area contributed by atoms with Gasteiger partial charge in [0.2, 0.25) is 0 Å². The van der Waals surface area contributed by atoms with Gasteiger partial charge in [0.15, 0.2) is 0 Å². The molecular weight excluding hydrogens is 296 g/mol. The van der Waals surface area contributed by atoms with E-state index in [1.807, 2.05) is 13.0 Å². The summed E-state index contributed by atoms with van der Waals surface area (Å²) in [5, 5.41) is 2.53. The first kappa shape index (κ1) is 18.7. The standard InChI is InChI=1S/C17H24N2O4/c1-7-12-9-13(15(20)22-8-2)10-14(18-11(12)3)19-16(21)23-17(4,5)6/h7,10H,3,8-9H2,1-2,4-6H3,(H,18,19,21)/b12-7-. The smallest absolute Gasteiger partial charge is 0.413 e. The lowest BCUT2D eigenvalue weighted by atomic mass is 10.0. The second-order valence-electron chi connectivity index (χ2n) is 5.95. The normalized spacial score (nSPS) is 17.1. The van der Waals surface area contributed by atoms with E-state index in [-0.39, 0.29) is 12.4 Å². The lowest BCUT2D eigenvalue weighted by molar-refractivity contribution is -0.138. The zero-order valence-corrected chi connectivity index (χ0v) is 14.4. The molecule has 0 aromatic carbocycles. The molecule has 23 heavy (non-hydrogen) atoms. The van der Waals surface area contributed by atoms with E-state index in [4.69, 9.17) is 9.47 Å². The topological polar surface area (TPSA) is 77.0 Å². The first-order chi connectivity index (χ1) is 10.7. The van der Waals surface area contributed by atoms with Gasteiger partial charge in [-0.2, -0.15) is 0 Å². The van der Waals surface area contributed by atoms with E-state index >= 15 is 0 Å². The molecule has 6 nitrogen and oxygen atoms in total. The Kier molecular flexibility index (Phi) is 6.30. The number of esters is 1. The van der Waals surface area contributed by atoms with Crippen LogP contribution < -0.4 is 5.32 Å². The second kappa shape index (κ2) is 7.76. The summed E-state index contributed by atoms with van der Waals surface area (Å²) in [5.41, 5.74) is 1.04. The number of hydrogen-bond acceptors (Lipinski definition) is 5. The molecule has 1 aliphatic heterocycles. The predicted octanol–water partition coefficient (Wildman–Crippen LogP) is 3.26. The highest BCUT2D eigenvalue weighted by Crippen LogP contribution is 2.23. The van der Waals surface area contributed by atoms with Gasteiger partial charge in [0.25, 0.3) is 0 Å². The molecule has 0 atom stereocenters. The van der Waals surface area contributed by atoms with E-state index in [1.54, 1.807) is 27.7 Å². The van der Waals surface area contributed by atoms with Crippen LogP contribution in [0.2, 0.25) is 0 Å². The van der Waals surface area contributed by atoms with E-state index < -0.39 is 17.7 Å². The van der Waals surface area contributed by atoms with Crippen molar-refractivity contribution in [2.24, 2.45) is 4.99 Å². The quantitative estimate of drug-likeness (QED) is 0.792. The van der Waals surface area contributed by atoms with Crippen LogP contribution in [0.3, 0.4) is 0 Å². The monoisotopic (exact) mass is 320 g/mol. The van der Waals surface area contributed by atoms with Crippen molar-refractivity contribution in [1.29, 1.82) is 0 Å². The Labute approximate surface area is 136 Å². The maximum Gasteiger partial charge on any atom is 0.413 e. The molecule has 1 N–H and O–H groups in total.